The lowest BCUT2D eigenvalue weighted by molar-refractivity contribution is -0.117. The molecule has 3 aromatic rings. The SMILES string of the molecule is CC(=O)CCC(O)CCC(=O)c1ccc(C#Cc2c(N)ncc3ccc(Cl)cc23)cc1. The molecule has 0 fully saturated rings. The van der Waals surface area contributed by atoms with E-state index in [0.717, 1.165) is 16.3 Å². The molecule has 0 aliphatic carbocycles. The number of nitrogens with two attached hydrogens (primary N) is 1. The number of Topliss-reactive ketones (excluding diaryl/α,β-unsaturated/α-hetero) is 2. The number of aliphatic hydroxyl groups is 1. The lowest BCUT2D eigenvalue weighted by atomic mass is 10.0. The van der Waals surface area contributed by atoms with Gasteiger partial charge in [0.05, 0.1) is 11.7 Å². The lowest BCUT2D eigenvalue weighted by Gasteiger charge is -2.08. The number of fused-ring (bicyclic) bond motifs is 1. The number of hydrogen-bond acceptors (Lipinski definition) is 5. The number of carbonyl (C=O) groups excluding carboxylic acids is 2. The van der Waals surface area contributed by atoms with Gasteiger partial charge in [-0.15, -0.1) is 0 Å². The quantitative estimate of drug-likeness (QED) is 0.420. The molecular weight excluding hydrogens is 412 g/mol. The van der Waals surface area contributed by atoms with E-state index in [1.54, 1.807) is 36.5 Å². The van der Waals surface area contributed by atoms with E-state index in [-0.39, 0.29) is 18.0 Å². The maximum absolute atomic E-state index is 12.3. The minimum Gasteiger partial charge on any atom is -0.393 e. The van der Waals surface area contributed by atoms with Crippen LogP contribution in [0.3, 0.4) is 0 Å². The fourth-order valence-electron chi connectivity index (χ4n) is 3.16. The molecule has 0 aliphatic rings. The van der Waals surface area contributed by atoms with E-state index >= 15 is 0 Å². The third-order valence-electron chi connectivity index (χ3n) is 4.96. The van der Waals surface area contributed by atoms with Crippen LogP contribution in [0.1, 0.15) is 54.1 Å². The molecule has 0 spiro atoms. The number of anilines is 1. The second kappa shape index (κ2) is 10.2. The molecule has 0 amide bonds. The summed E-state index contributed by atoms with van der Waals surface area (Å²) < 4.78 is 0. The summed E-state index contributed by atoms with van der Waals surface area (Å²) in [5.41, 5.74) is 7.92. The third kappa shape index (κ3) is 6.14. The molecule has 3 N–H and O–H groups in total. The van der Waals surface area contributed by atoms with Crippen LogP contribution in [0.25, 0.3) is 10.8 Å². The van der Waals surface area contributed by atoms with Crippen LogP contribution in [0, 0.1) is 11.8 Å². The Labute approximate surface area is 186 Å². The topological polar surface area (TPSA) is 93.3 Å². The van der Waals surface area contributed by atoms with Crippen molar-refractivity contribution < 1.29 is 14.7 Å². The largest absolute Gasteiger partial charge is 0.393 e. The second-order valence-electron chi connectivity index (χ2n) is 7.43. The number of halogens is 1. The predicted octanol–water partition coefficient (Wildman–Crippen LogP) is 4.56. The van der Waals surface area contributed by atoms with Gasteiger partial charge in [-0.3, -0.25) is 4.79 Å². The van der Waals surface area contributed by atoms with Crippen LogP contribution in [0.2, 0.25) is 5.02 Å². The van der Waals surface area contributed by atoms with Crippen molar-refractivity contribution in [2.24, 2.45) is 0 Å². The summed E-state index contributed by atoms with van der Waals surface area (Å²) in [6.07, 6.45) is 2.31. The highest BCUT2D eigenvalue weighted by Crippen LogP contribution is 2.25. The van der Waals surface area contributed by atoms with Crippen LogP contribution >= 0.6 is 11.6 Å². The van der Waals surface area contributed by atoms with Crippen LogP contribution < -0.4 is 5.73 Å². The molecule has 0 radical (unpaired) electrons. The van der Waals surface area contributed by atoms with Crippen molar-refractivity contribution in [2.45, 2.75) is 38.7 Å². The number of aliphatic hydroxyl groups excluding tert-OH is 1. The van der Waals surface area contributed by atoms with Crippen molar-refractivity contribution in [3.05, 3.63) is 70.4 Å². The number of rotatable bonds is 7. The number of hydrogen-bond donors (Lipinski definition) is 2. The van der Waals surface area contributed by atoms with E-state index in [2.05, 4.69) is 16.8 Å². The molecule has 1 heterocycles. The van der Waals surface area contributed by atoms with Crippen LogP contribution in [0.4, 0.5) is 5.82 Å². The Hall–Kier alpha value is -3.20. The van der Waals surface area contributed by atoms with Crippen molar-refractivity contribution in [2.75, 3.05) is 5.73 Å². The number of pyridine rings is 1. The average molecular weight is 435 g/mol. The highest BCUT2D eigenvalue weighted by atomic mass is 35.5. The van der Waals surface area contributed by atoms with Crippen molar-refractivity contribution >= 4 is 39.8 Å². The van der Waals surface area contributed by atoms with Gasteiger partial charge in [0, 0.05) is 46.0 Å². The van der Waals surface area contributed by atoms with E-state index in [9.17, 15) is 14.7 Å². The Morgan fingerprint density at radius 3 is 2.52 bits per heavy atom. The molecule has 1 aromatic heterocycles. The minimum atomic E-state index is -0.647. The molecule has 0 saturated carbocycles. The molecule has 31 heavy (non-hydrogen) atoms. The molecular formula is C25H23ClN2O3. The van der Waals surface area contributed by atoms with Crippen LogP contribution in [-0.2, 0) is 4.79 Å². The van der Waals surface area contributed by atoms with Gasteiger partial charge in [0.2, 0.25) is 0 Å². The van der Waals surface area contributed by atoms with Crippen molar-refractivity contribution in [3.8, 4) is 11.8 Å². The molecule has 3 rings (SSSR count). The first-order valence-electron chi connectivity index (χ1n) is 10.00. The van der Waals surface area contributed by atoms with Gasteiger partial charge in [-0.05, 0) is 44.0 Å². The zero-order valence-electron chi connectivity index (χ0n) is 17.2. The van der Waals surface area contributed by atoms with E-state index in [4.69, 9.17) is 17.3 Å². The number of aromatic nitrogens is 1. The summed E-state index contributed by atoms with van der Waals surface area (Å²) in [6.45, 7) is 1.49. The fourth-order valence-corrected chi connectivity index (χ4v) is 3.33. The smallest absolute Gasteiger partial charge is 0.162 e. The van der Waals surface area contributed by atoms with Gasteiger partial charge in [-0.1, -0.05) is 41.6 Å². The highest BCUT2D eigenvalue weighted by Gasteiger charge is 2.11. The molecule has 5 nitrogen and oxygen atoms in total. The maximum atomic E-state index is 12.3. The van der Waals surface area contributed by atoms with E-state index < -0.39 is 6.10 Å². The average Bonchev–Trinajstić information content (AvgIpc) is 2.75. The second-order valence-corrected chi connectivity index (χ2v) is 7.87. The molecule has 6 heteroatoms. The van der Waals surface area contributed by atoms with Gasteiger partial charge >= 0.3 is 0 Å². The molecule has 0 bridgehead atoms. The summed E-state index contributed by atoms with van der Waals surface area (Å²) in [5.74, 6) is 6.44. The molecule has 0 aliphatic heterocycles. The van der Waals surface area contributed by atoms with Gasteiger partial charge in [0.1, 0.15) is 11.6 Å². The Morgan fingerprint density at radius 1 is 1.10 bits per heavy atom. The standard InChI is InChI=1S/C25H23ClN2O3/c1-16(29)2-10-21(30)11-13-24(31)18-6-3-17(4-7-18)5-12-22-23-14-20(26)9-8-19(23)15-28-25(22)27/h3-4,6-9,14-15,21,30H,2,10-11,13H2,1H3,(H2,27,28). The van der Waals surface area contributed by atoms with E-state index in [1.165, 1.54) is 6.92 Å². The molecule has 2 aromatic carbocycles. The zero-order valence-corrected chi connectivity index (χ0v) is 17.9. The van der Waals surface area contributed by atoms with Gasteiger partial charge < -0.3 is 15.6 Å². The minimum absolute atomic E-state index is 0.0335. The summed E-state index contributed by atoms with van der Waals surface area (Å²) >= 11 is 6.11. The fraction of sp³-hybridized carbons (Fsp3) is 0.240. The molecule has 158 valence electrons. The van der Waals surface area contributed by atoms with Crippen LogP contribution in [0.5, 0.6) is 0 Å². The number of carbonyl (C=O) groups is 2. The first-order chi connectivity index (χ1) is 14.8. The van der Waals surface area contributed by atoms with Gasteiger partial charge in [0.25, 0.3) is 0 Å². The zero-order chi connectivity index (χ0) is 22.4. The summed E-state index contributed by atoms with van der Waals surface area (Å²) in [6, 6.07) is 12.4. The lowest BCUT2D eigenvalue weighted by Crippen LogP contribution is -2.11. The first kappa shape index (κ1) is 22.5. The molecule has 1 atom stereocenters. The van der Waals surface area contributed by atoms with Gasteiger partial charge in [0.15, 0.2) is 5.78 Å². The van der Waals surface area contributed by atoms with Crippen molar-refractivity contribution in [3.63, 3.8) is 0 Å². The molecule has 1 unspecified atom stereocenters. The third-order valence-corrected chi connectivity index (χ3v) is 5.19. The van der Waals surface area contributed by atoms with Gasteiger partial charge in [-0.25, -0.2) is 4.98 Å². The Bertz CT molecular complexity index is 1170. The predicted molar refractivity (Wildman–Crippen MR) is 123 cm³/mol. The van der Waals surface area contributed by atoms with Crippen molar-refractivity contribution in [1.82, 2.24) is 4.98 Å². The summed E-state index contributed by atoms with van der Waals surface area (Å²) in [4.78, 5) is 27.5. The van der Waals surface area contributed by atoms with Crippen LogP contribution in [0.15, 0.2) is 48.7 Å². The number of nitrogens with zero attached hydrogens (tertiary/aromatic N) is 1. The van der Waals surface area contributed by atoms with E-state index in [1.807, 2.05) is 12.1 Å². The van der Waals surface area contributed by atoms with E-state index in [0.29, 0.717) is 41.2 Å². The number of ketones is 2. The Kier molecular flexibility index (Phi) is 7.41. The number of nitrogen functional groups attached to an aromatic ring is 1. The Morgan fingerprint density at radius 2 is 1.81 bits per heavy atom. The summed E-state index contributed by atoms with van der Waals surface area (Å²) in [5, 5.41) is 12.2. The maximum Gasteiger partial charge on any atom is 0.162 e. The van der Waals surface area contributed by atoms with Gasteiger partial charge in [-0.2, -0.15) is 0 Å². The summed E-state index contributed by atoms with van der Waals surface area (Å²) in [7, 11) is 0. The number of benzene rings is 2. The normalized spacial score (nSPS) is 11.6. The van der Waals surface area contributed by atoms with Crippen LogP contribution in [-0.4, -0.2) is 27.8 Å². The molecule has 0 saturated heterocycles. The monoisotopic (exact) mass is 434 g/mol. The highest BCUT2D eigenvalue weighted by molar-refractivity contribution is 6.31. The first-order valence-corrected chi connectivity index (χ1v) is 10.4. The Balaban J connectivity index is 1.70. The van der Waals surface area contributed by atoms with Crippen molar-refractivity contribution in [1.29, 1.82) is 0 Å².